The number of carbonyl (C=O) groups is 1. The number of aliphatic hydroxyl groups is 1. The Labute approximate surface area is 308 Å². The highest BCUT2D eigenvalue weighted by atomic mass is 31.2. The topological polar surface area (TPSA) is 108 Å². The summed E-state index contributed by atoms with van der Waals surface area (Å²) >= 11 is 0. The number of carbonyl (C=O) groups excluding carboxylic acids is 1. The first kappa shape index (κ1) is 48.7. The Morgan fingerprint density at radius 1 is 0.680 bits per heavy atom. The van der Waals surface area contributed by atoms with E-state index in [9.17, 15) is 19.4 Å². The quantitative estimate of drug-likeness (QED) is 0.0288. The van der Waals surface area contributed by atoms with Crippen molar-refractivity contribution in [2.75, 3.05) is 40.9 Å². The molecule has 0 radical (unpaired) electrons. The van der Waals surface area contributed by atoms with Crippen LogP contribution in [0.25, 0.3) is 0 Å². The third kappa shape index (κ3) is 35.1. The van der Waals surface area contributed by atoms with E-state index < -0.39 is 26.6 Å². The molecule has 0 aromatic carbocycles. The summed E-state index contributed by atoms with van der Waals surface area (Å²) in [5.41, 5.74) is 0. The van der Waals surface area contributed by atoms with Crippen LogP contribution in [0.1, 0.15) is 168 Å². The highest BCUT2D eigenvalue weighted by Gasteiger charge is 2.23. The molecule has 0 saturated carbocycles. The summed E-state index contributed by atoms with van der Waals surface area (Å²) < 4.78 is 23.1. The van der Waals surface area contributed by atoms with Crippen molar-refractivity contribution in [2.24, 2.45) is 0 Å². The molecule has 294 valence electrons. The molecule has 0 spiro atoms. The predicted molar refractivity (Wildman–Crippen MR) is 210 cm³/mol. The average molecular weight is 727 g/mol. The van der Waals surface area contributed by atoms with Crippen molar-refractivity contribution in [3.05, 3.63) is 36.5 Å². The van der Waals surface area contributed by atoms with Crippen molar-refractivity contribution >= 4 is 13.7 Å². The Kier molecular flexibility index (Phi) is 32.7. The maximum Gasteiger partial charge on any atom is 0.268 e. The van der Waals surface area contributed by atoms with Crippen LogP contribution in [0.2, 0.25) is 0 Å². The molecular formula is C41H79N2O6P. The molecule has 0 heterocycles. The zero-order chi connectivity index (χ0) is 37.2. The Morgan fingerprint density at radius 2 is 1.12 bits per heavy atom. The number of nitrogens with zero attached hydrogens (tertiary/aromatic N) is 1. The fourth-order valence-corrected chi connectivity index (χ4v) is 6.24. The maximum absolute atomic E-state index is 12.8. The van der Waals surface area contributed by atoms with Crippen LogP contribution in [-0.4, -0.2) is 68.5 Å². The van der Waals surface area contributed by atoms with E-state index in [-0.39, 0.29) is 12.5 Å². The first-order valence-corrected chi connectivity index (χ1v) is 21.8. The molecular weight excluding hydrogens is 647 g/mol. The number of allylic oxidation sites excluding steroid dienone is 5. The van der Waals surface area contributed by atoms with Gasteiger partial charge in [0.1, 0.15) is 13.2 Å². The monoisotopic (exact) mass is 727 g/mol. The summed E-state index contributed by atoms with van der Waals surface area (Å²) in [4.78, 5) is 25.2. The van der Waals surface area contributed by atoms with Crippen molar-refractivity contribution < 1.29 is 32.9 Å². The van der Waals surface area contributed by atoms with Crippen LogP contribution in [0.15, 0.2) is 36.5 Å². The Bertz CT molecular complexity index is 917. The molecule has 2 N–H and O–H groups in total. The lowest BCUT2D eigenvalue weighted by Gasteiger charge is -2.29. The van der Waals surface area contributed by atoms with E-state index >= 15 is 0 Å². The SMILES string of the molecule is CCCCCC/C=C/CC/C=C/C(O)C(COP(=O)([O-])OCC[N+](C)(C)C)NC(=O)CCCCCCCCC/C=C\CCCCCCCCC. The van der Waals surface area contributed by atoms with Gasteiger partial charge in [0.05, 0.1) is 39.9 Å². The van der Waals surface area contributed by atoms with E-state index in [1.807, 2.05) is 27.2 Å². The van der Waals surface area contributed by atoms with Gasteiger partial charge < -0.3 is 28.8 Å². The molecule has 8 nitrogen and oxygen atoms in total. The summed E-state index contributed by atoms with van der Waals surface area (Å²) in [6, 6.07) is -0.901. The standard InChI is InChI=1S/C41H79N2O6P/c1-6-8-10-12-14-16-18-19-20-21-22-23-24-25-27-29-31-33-35-41(45)42-39(38-49-50(46,47)48-37-36-43(3,4)5)40(44)34-32-30-28-26-17-15-13-11-9-7-2/h17,20-21,26,32,34,39-40,44H,6-16,18-19,22-25,27-31,33,35-38H2,1-5H3,(H-,42,45,46,47)/b21-20-,26-17+,34-32+. The molecule has 0 aliphatic carbocycles. The van der Waals surface area contributed by atoms with Crippen molar-refractivity contribution in [1.82, 2.24) is 5.32 Å². The fourth-order valence-electron chi connectivity index (χ4n) is 5.51. The minimum atomic E-state index is -4.59. The number of nitrogens with one attached hydrogen (secondary N) is 1. The van der Waals surface area contributed by atoms with Crippen LogP contribution in [0, 0.1) is 0 Å². The van der Waals surface area contributed by atoms with Gasteiger partial charge in [-0.1, -0.05) is 140 Å². The number of hydrogen-bond acceptors (Lipinski definition) is 6. The van der Waals surface area contributed by atoms with Gasteiger partial charge in [-0.2, -0.15) is 0 Å². The fraction of sp³-hybridized carbons (Fsp3) is 0.829. The van der Waals surface area contributed by atoms with Crippen LogP contribution in [0.4, 0.5) is 0 Å². The molecule has 0 bridgehead atoms. The number of rotatable bonds is 36. The molecule has 1 amide bonds. The summed E-state index contributed by atoms with van der Waals surface area (Å²) in [5, 5.41) is 13.7. The van der Waals surface area contributed by atoms with Crippen LogP contribution >= 0.6 is 7.82 Å². The molecule has 3 atom stereocenters. The van der Waals surface area contributed by atoms with Crippen LogP contribution < -0.4 is 10.2 Å². The first-order valence-electron chi connectivity index (χ1n) is 20.4. The molecule has 50 heavy (non-hydrogen) atoms. The number of unbranched alkanes of at least 4 members (excludes halogenated alkanes) is 19. The molecule has 0 rings (SSSR count). The second-order valence-electron chi connectivity index (χ2n) is 15.0. The van der Waals surface area contributed by atoms with Gasteiger partial charge in [0.25, 0.3) is 7.82 Å². The zero-order valence-corrected chi connectivity index (χ0v) is 34.0. The van der Waals surface area contributed by atoms with Gasteiger partial charge in [0.2, 0.25) is 5.91 Å². The van der Waals surface area contributed by atoms with Gasteiger partial charge in [-0.05, 0) is 57.8 Å². The lowest BCUT2D eigenvalue weighted by Crippen LogP contribution is -2.45. The van der Waals surface area contributed by atoms with Crippen LogP contribution in [0.3, 0.4) is 0 Å². The van der Waals surface area contributed by atoms with Crippen LogP contribution in [0.5, 0.6) is 0 Å². The zero-order valence-electron chi connectivity index (χ0n) is 33.1. The summed E-state index contributed by atoms with van der Waals surface area (Å²) in [6.45, 7) is 4.56. The highest BCUT2D eigenvalue weighted by molar-refractivity contribution is 7.45. The van der Waals surface area contributed by atoms with E-state index in [2.05, 4.69) is 43.5 Å². The van der Waals surface area contributed by atoms with Crippen molar-refractivity contribution in [3.8, 4) is 0 Å². The second kappa shape index (κ2) is 33.5. The van der Waals surface area contributed by atoms with Gasteiger partial charge in [-0.25, -0.2) is 0 Å². The minimum Gasteiger partial charge on any atom is -0.756 e. The van der Waals surface area contributed by atoms with Gasteiger partial charge >= 0.3 is 0 Å². The molecule has 0 aliphatic heterocycles. The Balaban J connectivity index is 4.44. The molecule has 0 aromatic rings. The highest BCUT2D eigenvalue weighted by Crippen LogP contribution is 2.38. The van der Waals surface area contributed by atoms with Gasteiger partial charge in [-0.3, -0.25) is 9.36 Å². The summed E-state index contributed by atoms with van der Waals surface area (Å²) in [7, 11) is 1.23. The molecule has 0 saturated heterocycles. The number of hydrogen-bond donors (Lipinski definition) is 2. The largest absolute Gasteiger partial charge is 0.756 e. The van der Waals surface area contributed by atoms with Crippen molar-refractivity contribution in [3.63, 3.8) is 0 Å². The Hall–Kier alpha value is -1.28. The second-order valence-corrected chi connectivity index (χ2v) is 16.4. The van der Waals surface area contributed by atoms with E-state index in [0.29, 0.717) is 17.4 Å². The van der Waals surface area contributed by atoms with E-state index in [1.165, 1.54) is 109 Å². The third-order valence-electron chi connectivity index (χ3n) is 8.82. The van der Waals surface area contributed by atoms with Gasteiger partial charge in [0.15, 0.2) is 0 Å². The van der Waals surface area contributed by atoms with Crippen molar-refractivity contribution in [2.45, 2.75) is 180 Å². The smallest absolute Gasteiger partial charge is 0.268 e. The van der Waals surface area contributed by atoms with E-state index in [1.54, 1.807) is 6.08 Å². The summed E-state index contributed by atoms with van der Waals surface area (Å²) in [6.07, 6.45) is 39.1. The van der Waals surface area contributed by atoms with Crippen molar-refractivity contribution in [1.29, 1.82) is 0 Å². The molecule has 9 heteroatoms. The normalized spacial score (nSPS) is 14.9. The van der Waals surface area contributed by atoms with Crippen LogP contribution in [-0.2, 0) is 18.4 Å². The number of phosphoric ester groups is 1. The Morgan fingerprint density at radius 3 is 1.64 bits per heavy atom. The average Bonchev–Trinajstić information content (AvgIpc) is 3.06. The van der Waals surface area contributed by atoms with E-state index in [0.717, 1.165) is 38.5 Å². The lowest BCUT2D eigenvalue weighted by atomic mass is 10.1. The van der Waals surface area contributed by atoms with E-state index in [4.69, 9.17) is 9.05 Å². The predicted octanol–water partition coefficient (Wildman–Crippen LogP) is 10.1. The number of aliphatic hydroxyl groups excluding tert-OH is 1. The summed E-state index contributed by atoms with van der Waals surface area (Å²) in [5.74, 6) is -0.216. The number of likely N-dealkylation sites (N-methyl/N-ethyl adjacent to an activating group) is 1. The molecule has 3 unspecified atom stereocenters. The molecule has 0 aromatic heterocycles. The third-order valence-corrected chi connectivity index (χ3v) is 9.79. The number of phosphoric acid groups is 1. The molecule has 0 aliphatic rings. The number of amides is 1. The number of quaternary nitrogens is 1. The van der Waals surface area contributed by atoms with Gasteiger partial charge in [-0.15, -0.1) is 0 Å². The minimum absolute atomic E-state index is 0.00765. The first-order chi connectivity index (χ1) is 24.0. The maximum atomic E-state index is 12.8. The lowest BCUT2D eigenvalue weighted by molar-refractivity contribution is -0.870. The molecule has 0 fully saturated rings. The van der Waals surface area contributed by atoms with Gasteiger partial charge in [0, 0.05) is 6.42 Å².